The average molecular weight is 405 g/mol. The molecule has 0 bridgehead atoms. The van der Waals surface area contributed by atoms with Gasteiger partial charge in [-0.15, -0.1) is 0 Å². The third-order valence-corrected chi connectivity index (χ3v) is 3.62. The predicted molar refractivity (Wildman–Crippen MR) is 96.5 cm³/mol. The Morgan fingerprint density at radius 3 is 2.38 bits per heavy atom. The second-order valence-corrected chi connectivity index (χ2v) is 5.65. The molecule has 2 amide bonds. The van der Waals surface area contributed by atoms with Gasteiger partial charge in [-0.3, -0.25) is 30.6 Å². The quantitative estimate of drug-likeness (QED) is 0.424. The lowest BCUT2D eigenvalue weighted by Crippen LogP contribution is -2.47. The summed E-state index contributed by atoms with van der Waals surface area (Å²) in [7, 11) is 1.08. The molecule has 0 aliphatic heterocycles. The molecule has 0 aliphatic carbocycles. The number of para-hydroxylation sites is 1. The highest BCUT2D eigenvalue weighted by Crippen LogP contribution is 2.18. The molecule has 0 radical (unpaired) electrons. The lowest BCUT2D eigenvalue weighted by atomic mass is 10.1. The van der Waals surface area contributed by atoms with Crippen LogP contribution in [-0.2, 0) is 9.53 Å². The SMILES string of the molecule is COC(=O)c1cc(C(=O)NNC(=O)[C@H](C)Oc2ccccc2F)cc([N+](=O)[O-])c1. The topological polar surface area (TPSA) is 137 Å². The molecule has 2 N–H and O–H groups in total. The molecule has 29 heavy (non-hydrogen) atoms. The number of nitro benzene ring substituents is 1. The first-order valence-electron chi connectivity index (χ1n) is 8.12. The Labute approximate surface area is 163 Å². The van der Waals surface area contributed by atoms with Gasteiger partial charge in [-0.05, 0) is 25.1 Å². The molecule has 0 saturated heterocycles. The number of nitrogens with one attached hydrogen (secondary N) is 2. The fraction of sp³-hybridized carbons (Fsp3) is 0.167. The molecular weight excluding hydrogens is 389 g/mol. The van der Waals surface area contributed by atoms with E-state index < -0.39 is 40.3 Å². The van der Waals surface area contributed by atoms with E-state index in [-0.39, 0.29) is 16.9 Å². The number of rotatable bonds is 6. The van der Waals surface area contributed by atoms with Gasteiger partial charge in [0.05, 0.1) is 17.6 Å². The van der Waals surface area contributed by atoms with Crippen molar-refractivity contribution in [2.45, 2.75) is 13.0 Å². The summed E-state index contributed by atoms with van der Waals surface area (Å²) in [6.07, 6.45) is -1.16. The third kappa shape index (κ3) is 5.48. The molecule has 2 rings (SSSR count). The molecule has 0 aliphatic rings. The van der Waals surface area contributed by atoms with E-state index in [1.807, 2.05) is 5.43 Å². The molecule has 0 heterocycles. The Hall–Kier alpha value is -4.02. The number of nitrogens with zero attached hydrogens (tertiary/aromatic N) is 1. The predicted octanol–water partition coefficient (Wildman–Crippen LogP) is 1.75. The molecule has 0 saturated carbocycles. The van der Waals surface area contributed by atoms with Gasteiger partial charge in [0.1, 0.15) is 0 Å². The zero-order valence-electron chi connectivity index (χ0n) is 15.3. The van der Waals surface area contributed by atoms with Crippen LogP contribution in [0.3, 0.4) is 0 Å². The molecule has 10 nitrogen and oxygen atoms in total. The molecule has 2 aromatic carbocycles. The van der Waals surface area contributed by atoms with Crippen LogP contribution in [0.25, 0.3) is 0 Å². The van der Waals surface area contributed by atoms with Gasteiger partial charge in [0, 0.05) is 17.7 Å². The van der Waals surface area contributed by atoms with Crippen molar-refractivity contribution in [1.82, 2.24) is 10.9 Å². The van der Waals surface area contributed by atoms with Crippen LogP contribution in [-0.4, -0.2) is 35.9 Å². The number of hydrazine groups is 1. The summed E-state index contributed by atoms with van der Waals surface area (Å²) in [5.41, 5.74) is 3.11. The first-order chi connectivity index (χ1) is 13.7. The minimum atomic E-state index is -1.16. The highest BCUT2D eigenvalue weighted by Gasteiger charge is 2.20. The van der Waals surface area contributed by atoms with Crippen molar-refractivity contribution >= 4 is 23.5 Å². The van der Waals surface area contributed by atoms with Gasteiger partial charge >= 0.3 is 5.97 Å². The normalized spacial score (nSPS) is 11.1. The molecule has 0 aromatic heterocycles. The number of hydrogen-bond donors (Lipinski definition) is 2. The Bertz CT molecular complexity index is 964. The Balaban J connectivity index is 2.07. The Morgan fingerprint density at radius 1 is 1.10 bits per heavy atom. The fourth-order valence-corrected chi connectivity index (χ4v) is 2.16. The molecule has 1 atom stereocenters. The Kier molecular flexibility index (Phi) is 6.80. The van der Waals surface area contributed by atoms with E-state index in [4.69, 9.17) is 4.74 Å². The van der Waals surface area contributed by atoms with Gasteiger partial charge < -0.3 is 9.47 Å². The van der Waals surface area contributed by atoms with Crippen molar-refractivity contribution in [3.05, 3.63) is 69.5 Å². The van der Waals surface area contributed by atoms with Crippen LogP contribution in [0.4, 0.5) is 10.1 Å². The third-order valence-electron chi connectivity index (χ3n) is 3.62. The monoisotopic (exact) mass is 405 g/mol. The molecule has 152 valence electrons. The summed E-state index contributed by atoms with van der Waals surface area (Å²) in [6, 6.07) is 8.40. The number of hydrogen-bond acceptors (Lipinski definition) is 7. The number of nitro groups is 1. The zero-order chi connectivity index (χ0) is 21.6. The summed E-state index contributed by atoms with van der Waals surface area (Å²) in [4.78, 5) is 46.1. The van der Waals surface area contributed by atoms with Crippen molar-refractivity contribution < 1.29 is 33.2 Å². The van der Waals surface area contributed by atoms with Crippen LogP contribution in [0.2, 0.25) is 0 Å². The number of carbonyl (C=O) groups is 3. The minimum absolute atomic E-state index is 0.150. The number of esters is 1. The summed E-state index contributed by atoms with van der Waals surface area (Å²) in [5.74, 6) is -3.42. The zero-order valence-corrected chi connectivity index (χ0v) is 15.3. The standard InChI is InChI=1S/C18H16FN3O7/c1-10(29-15-6-4-3-5-14(15)19)16(23)20-21-17(24)11-7-12(18(25)28-2)9-13(8-11)22(26)27/h3-10H,1-2H3,(H,20,23)(H,21,24)/t10-/m0/s1. The first-order valence-corrected chi connectivity index (χ1v) is 8.12. The van der Waals surface area contributed by atoms with Crippen LogP contribution in [0.15, 0.2) is 42.5 Å². The van der Waals surface area contributed by atoms with Crippen molar-refractivity contribution in [2.75, 3.05) is 7.11 Å². The smallest absolute Gasteiger partial charge is 0.338 e. The fourth-order valence-electron chi connectivity index (χ4n) is 2.16. The largest absolute Gasteiger partial charge is 0.478 e. The van der Waals surface area contributed by atoms with E-state index in [0.717, 1.165) is 31.4 Å². The number of carbonyl (C=O) groups excluding carboxylic acids is 3. The summed E-state index contributed by atoms with van der Waals surface area (Å²) in [5, 5.41) is 11.0. The van der Waals surface area contributed by atoms with Gasteiger partial charge in [-0.25, -0.2) is 9.18 Å². The Morgan fingerprint density at radius 2 is 1.76 bits per heavy atom. The van der Waals surface area contributed by atoms with Crippen molar-refractivity contribution in [1.29, 1.82) is 0 Å². The van der Waals surface area contributed by atoms with Crippen molar-refractivity contribution in [2.24, 2.45) is 0 Å². The summed E-state index contributed by atoms with van der Waals surface area (Å²) in [6.45, 7) is 1.33. The molecule has 11 heteroatoms. The molecule has 0 spiro atoms. The average Bonchev–Trinajstić information content (AvgIpc) is 2.72. The number of amides is 2. The molecular formula is C18H16FN3O7. The maximum absolute atomic E-state index is 13.6. The number of methoxy groups -OCH3 is 1. The van der Waals surface area contributed by atoms with Crippen LogP contribution in [0.5, 0.6) is 5.75 Å². The van der Waals surface area contributed by atoms with Crippen molar-refractivity contribution in [3.63, 3.8) is 0 Å². The van der Waals surface area contributed by atoms with Gasteiger partial charge in [0.2, 0.25) is 0 Å². The van der Waals surface area contributed by atoms with Crippen LogP contribution in [0, 0.1) is 15.9 Å². The van der Waals surface area contributed by atoms with E-state index in [0.29, 0.717) is 0 Å². The van der Waals surface area contributed by atoms with Crippen LogP contribution in [0.1, 0.15) is 27.6 Å². The molecule has 2 aromatic rings. The lowest BCUT2D eigenvalue weighted by molar-refractivity contribution is -0.384. The van der Waals surface area contributed by atoms with Crippen LogP contribution < -0.4 is 15.6 Å². The summed E-state index contributed by atoms with van der Waals surface area (Å²) < 4.78 is 23.2. The highest BCUT2D eigenvalue weighted by atomic mass is 19.1. The maximum atomic E-state index is 13.6. The van der Waals surface area contributed by atoms with E-state index in [1.54, 1.807) is 0 Å². The number of benzene rings is 2. The number of ether oxygens (including phenoxy) is 2. The molecule has 0 fully saturated rings. The minimum Gasteiger partial charge on any atom is -0.478 e. The number of non-ortho nitro benzene ring substituents is 1. The first kappa shape index (κ1) is 21.3. The second kappa shape index (κ2) is 9.26. The van der Waals surface area contributed by atoms with E-state index in [2.05, 4.69) is 10.2 Å². The van der Waals surface area contributed by atoms with Gasteiger partial charge in [-0.1, -0.05) is 12.1 Å². The van der Waals surface area contributed by atoms with Gasteiger partial charge in [0.25, 0.3) is 17.5 Å². The van der Waals surface area contributed by atoms with E-state index in [9.17, 15) is 28.9 Å². The molecule has 0 unspecified atom stereocenters. The van der Waals surface area contributed by atoms with Crippen LogP contribution >= 0.6 is 0 Å². The maximum Gasteiger partial charge on any atom is 0.338 e. The van der Waals surface area contributed by atoms with Gasteiger partial charge in [-0.2, -0.15) is 0 Å². The van der Waals surface area contributed by atoms with E-state index >= 15 is 0 Å². The highest BCUT2D eigenvalue weighted by molar-refractivity contribution is 5.99. The summed E-state index contributed by atoms with van der Waals surface area (Å²) >= 11 is 0. The van der Waals surface area contributed by atoms with Crippen molar-refractivity contribution in [3.8, 4) is 5.75 Å². The lowest BCUT2D eigenvalue weighted by Gasteiger charge is -2.15. The van der Waals surface area contributed by atoms with Gasteiger partial charge in [0.15, 0.2) is 17.7 Å². The van der Waals surface area contributed by atoms with E-state index in [1.165, 1.54) is 25.1 Å². The number of halogens is 1. The second-order valence-electron chi connectivity index (χ2n) is 5.65.